The number of rotatable bonds is 5. The van der Waals surface area contributed by atoms with Gasteiger partial charge >= 0.3 is 0 Å². The van der Waals surface area contributed by atoms with Crippen LogP contribution in [0.1, 0.15) is 41.9 Å². The molecule has 0 unspecified atom stereocenters. The molecule has 1 aliphatic rings. The van der Waals surface area contributed by atoms with E-state index in [-0.39, 0.29) is 18.6 Å². The Morgan fingerprint density at radius 2 is 2.16 bits per heavy atom. The molecule has 0 radical (unpaired) electrons. The van der Waals surface area contributed by atoms with Crippen molar-refractivity contribution in [2.75, 3.05) is 25.5 Å². The average molecular weight is 284 g/mol. The highest BCUT2D eigenvalue weighted by Crippen LogP contribution is 2.25. The highest BCUT2D eigenvalue weighted by Gasteiger charge is 2.27. The van der Waals surface area contributed by atoms with Gasteiger partial charge in [-0.05, 0) is 12.8 Å². The van der Waals surface area contributed by atoms with Crippen molar-refractivity contribution >= 4 is 22.4 Å². The number of aliphatic hydroxyl groups is 1. The molecule has 2 N–H and O–H groups in total. The van der Waals surface area contributed by atoms with Crippen molar-refractivity contribution < 1.29 is 9.90 Å². The van der Waals surface area contributed by atoms with Crippen molar-refractivity contribution in [1.29, 1.82) is 0 Å². The van der Waals surface area contributed by atoms with E-state index in [1.54, 1.807) is 11.9 Å². The van der Waals surface area contributed by atoms with Crippen LogP contribution in [0.25, 0.3) is 0 Å². The predicted octanol–water partition coefficient (Wildman–Crippen LogP) is 1.35. The van der Waals surface area contributed by atoms with Gasteiger partial charge in [0.1, 0.15) is 0 Å². The van der Waals surface area contributed by atoms with Crippen LogP contribution in [0.3, 0.4) is 0 Å². The van der Waals surface area contributed by atoms with Gasteiger partial charge < -0.3 is 15.3 Å². The maximum Gasteiger partial charge on any atom is 0.285 e. The zero-order chi connectivity index (χ0) is 13.7. The first kappa shape index (κ1) is 14.2. The van der Waals surface area contributed by atoms with E-state index < -0.39 is 0 Å². The summed E-state index contributed by atoms with van der Waals surface area (Å²) in [6.45, 7) is 0.359. The summed E-state index contributed by atoms with van der Waals surface area (Å²) in [5.41, 5.74) is 0. The number of aliphatic hydroxyl groups excluding tert-OH is 1. The van der Waals surface area contributed by atoms with Gasteiger partial charge in [0.25, 0.3) is 5.91 Å². The minimum absolute atomic E-state index is 0.0140. The molecule has 1 saturated carbocycles. The summed E-state index contributed by atoms with van der Waals surface area (Å²) < 4.78 is 0. The van der Waals surface area contributed by atoms with E-state index in [1.807, 2.05) is 0 Å². The molecule has 0 saturated heterocycles. The van der Waals surface area contributed by atoms with Crippen LogP contribution in [0.2, 0.25) is 0 Å². The highest BCUT2D eigenvalue weighted by atomic mass is 32.1. The molecule has 2 rings (SSSR count). The highest BCUT2D eigenvalue weighted by molar-refractivity contribution is 7.17. The molecule has 6 nitrogen and oxygen atoms in total. The van der Waals surface area contributed by atoms with Crippen LogP contribution in [0.15, 0.2) is 0 Å². The minimum Gasteiger partial charge on any atom is -0.395 e. The van der Waals surface area contributed by atoms with E-state index in [0.29, 0.717) is 16.7 Å². The topological polar surface area (TPSA) is 78.4 Å². The van der Waals surface area contributed by atoms with Crippen LogP contribution in [-0.4, -0.2) is 52.4 Å². The van der Waals surface area contributed by atoms with E-state index in [0.717, 1.165) is 25.7 Å². The van der Waals surface area contributed by atoms with Gasteiger partial charge in [-0.1, -0.05) is 30.6 Å². The number of nitrogens with one attached hydrogen (secondary N) is 1. The fourth-order valence-electron chi connectivity index (χ4n) is 2.48. The molecule has 1 aliphatic carbocycles. The zero-order valence-corrected chi connectivity index (χ0v) is 11.9. The largest absolute Gasteiger partial charge is 0.395 e. The Morgan fingerprint density at radius 3 is 2.74 bits per heavy atom. The third-order valence-corrected chi connectivity index (χ3v) is 4.37. The summed E-state index contributed by atoms with van der Waals surface area (Å²) in [5.74, 6) is -0.111. The maximum atomic E-state index is 12.5. The Kier molecular flexibility index (Phi) is 5.09. The Balaban J connectivity index is 2.10. The molecule has 0 aliphatic heterocycles. The number of aromatic nitrogens is 2. The lowest BCUT2D eigenvalue weighted by Crippen LogP contribution is -2.43. The smallest absolute Gasteiger partial charge is 0.285 e. The average Bonchev–Trinajstić information content (AvgIpc) is 2.94. The first-order valence-electron chi connectivity index (χ1n) is 6.69. The van der Waals surface area contributed by atoms with Gasteiger partial charge in [0.2, 0.25) is 10.1 Å². The van der Waals surface area contributed by atoms with Crippen molar-refractivity contribution in [3.8, 4) is 0 Å². The van der Waals surface area contributed by atoms with Gasteiger partial charge in [0, 0.05) is 19.6 Å². The second kappa shape index (κ2) is 6.81. The number of hydrogen-bond donors (Lipinski definition) is 2. The lowest BCUT2D eigenvalue weighted by Gasteiger charge is -2.33. The van der Waals surface area contributed by atoms with Crippen molar-refractivity contribution in [1.82, 2.24) is 15.1 Å². The Labute approximate surface area is 116 Å². The summed E-state index contributed by atoms with van der Waals surface area (Å²) in [6.07, 6.45) is 5.57. The molecule has 106 valence electrons. The molecule has 0 spiro atoms. The monoisotopic (exact) mass is 284 g/mol. The van der Waals surface area contributed by atoms with Crippen molar-refractivity contribution in [3.63, 3.8) is 0 Å². The molecule has 1 aromatic rings. The van der Waals surface area contributed by atoms with Gasteiger partial charge in [0.05, 0.1) is 6.61 Å². The Hall–Kier alpha value is -1.21. The van der Waals surface area contributed by atoms with Gasteiger partial charge in [0.15, 0.2) is 0 Å². The lowest BCUT2D eigenvalue weighted by molar-refractivity contribution is 0.0584. The van der Waals surface area contributed by atoms with Crippen LogP contribution >= 0.6 is 11.3 Å². The summed E-state index contributed by atoms with van der Waals surface area (Å²) in [5, 5.41) is 20.9. The van der Waals surface area contributed by atoms with E-state index in [9.17, 15) is 9.90 Å². The van der Waals surface area contributed by atoms with E-state index in [4.69, 9.17) is 0 Å². The molecule has 7 heteroatoms. The van der Waals surface area contributed by atoms with E-state index in [1.165, 1.54) is 17.8 Å². The van der Waals surface area contributed by atoms with Crippen molar-refractivity contribution in [2.45, 2.75) is 38.1 Å². The van der Waals surface area contributed by atoms with Gasteiger partial charge in [-0.25, -0.2) is 0 Å². The van der Waals surface area contributed by atoms with Crippen molar-refractivity contribution in [3.05, 3.63) is 5.01 Å². The number of nitrogens with zero attached hydrogens (tertiary/aromatic N) is 3. The first-order chi connectivity index (χ1) is 9.26. The van der Waals surface area contributed by atoms with Gasteiger partial charge in [-0.15, -0.1) is 10.2 Å². The molecule has 1 heterocycles. The molecule has 1 aromatic heterocycles. The quantitative estimate of drug-likeness (QED) is 0.853. The normalized spacial score (nSPS) is 16.3. The molecular weight excluding hydrogens is 264 g/mol. The standard InChI is InChI=1S/C12H20N4O2S/c1-13-12-15-14-10(19-12)11(18)16(7-8-17)9-5-3-2-4-6-9/h9,17H,2-8H2,1H3,(H,13,15). The fourth-order valence-corrected chi connectivity index (χ4v) is 3.14. The second-order valence-corrected chi connectivity index (χ2v) is 5.65. The number of hydrogen-bond acceptors (Lipinski definition) is 6. The van der Waals surface area contributed by atoms with Crippen molar-refractivity contribution in [2.24, 2.45) is 0 Å². The number of amides is 1. The number of carbonyl (C=O) groups excluding carboxylic acids is 1. The molecule has 19 heavy (non-hydrogen) atoms. The predicted molar refractivity (Wildman–Crippen MR) is 74.5 cm³/mol. The van der Waals surface area contributed by atoms with E-state index in [2.05, 4.69) is 15.5 Å². The number of anilines is 1. The van der Waals surface area contributed by atoms with E-state index >= 15 is 0 Å². The maximum absolute atomic E-state index is 12.5. The third-order valence-electron chi connectivity index (χ3n) is 3.44. The van der Waals surface area contributed by atoms with Gasteiger partial charge in [-0.3, -0.25) is 4.79 Å². The molecule has 0 atom stereocenters. The van der Waals surface area contributed by atoms with Crippen LogP contribution in [0.5, 0.6) is 0 Å². The van der Waals surface area contributed by atoms with Crippen LogP contribution < -0.4 is 5.32 Å². The summed E-state index contributed by atoms with van der Waals surface area (Å²) in [4.78, 5) is 14.2. The zero-order valence-electron chi connectivity index (χ0n) is 11.1. The summed E-state index contributed by atoms with van der Waals surface area (Å²) >= 11 is 1.25. The van der Waals surface area contributed by atoms with Crippen LogP contribution in [-0.2, 0) is 0 Å². The van der Waals surface area contributed by atoms with Gasteiger partial charge in [-0.2, -0.15) is 0 Å². The summed E-state index contributed by atoms with van der Waals surface area (Å²) in [7, 11) is 1.75. The number of carbonyl (C=O) groups is 1. The molecule has 1 amide bonds. The lowest BCUT2D eigenvalue weighted by atomic mass is 9.94. The van der Waals surface area contributed by atoms with Crippen LogP contribution in [0, 0.1) is 0 Å². The SMILES string of the molecule is CNc1nnc(C(=O)N(CCO)C2CCCCC2)s1. The molecule has 0 aromatic carbocycles. The summed E-state index contributed by atoms with van der Waals surface area (Å²) in [6, 6.07) is 0.232. The third kappa shape index (κ3) is 3.42. The fraction of sp³-hybridized carbons (Fsp3) is 0.750. The Morgan fingerprint density at radius 1 is 1.42 bits per heavy atom. The first-order valence-corrected chi connectivity index (χ1v) is 7.51. The Bertz CT molecular complexity index is 418. The minimum atomic E-state index is -0.111. The molecular formula is C12H20N4O2S. The molecule has 0 bridgehead atoms. The molecule has 1 fully saturated rings. The van der Waals surface area contributed by atoms with Crippen LogP contribution in [0.4, 0.5) is 5.13 Å². The second-order valence-electron chi connectivity index (χ2n) is 4.68.